The summed E-state index contributed by atoms with van der Waals surface area (Å²) >= 11 is 12.1. The Kier molecular flexibility index (Phi) is 4.53. The maximum Gasteiger partial charge on any atom is 0.138 e. The van der Waals surface area contributed by atoms with Gasteiger partial charge in [-0.3, -0.25) is 0 Å². The van der Waals surface area contributed by atoms with Crippen LogP contribution >= 0.6 is 23.2 Å². The van der Waals surface area contributed by atoms with Crippen LogP contribution in [-0.4, -0.2) is 12.2 Å². The Morgan fingerprint density at radius 2 is 1.85 bits per heavy atom. The SMILES string of the molecule is COc1cc(Cl)c(C(O)c2ccc(C)c(F)c2)cc1Cl. The van der Waals surface area contributed by atoms with E-state index >= 15 is 0 Å². The lowest BCUT2D eigenvalue weighted by Gasteiger charge is -2.15. The highest BCUT2D eigenvalue weighted by Gasteiger charge is 2.17. The quantitative estimate of drug-likeness (QED) is 0.901. The van der Waals surface area contributed by atoms with Gasteiger partial charge in [0, 0.05) is 11.6 Å². The van der Waals surface area contributed by atoms with E-state index in [9.17, 15) is 9.50 Å². The number of aliphatic hydroxyl groups excluding tert-OH is 1. The van der Waals surface area contributed by atoms with Crippen molar-refractivity contribution in [1.82, 2.24) is 0 Å². The maximum atomic E-state index is 13.6. The van der Waals surface area contributed by atoms with Crippen molar-refractivity contribution in [2.75, 3.05) is 7.11 Å². The van der Waals surface area contributed by atoms with Crippen LogP contribution in [0.15, 0.2) is 30.3 Å². The molecule has 0 aliphatic carbocycles. The summed E-state index contributed by atoms with van der Waals surface area (Å²) in [6, 6.07) is 7.58. The molecule has 0 saturated heterocycles. The molecule has 5 heteroatoms. The Hall–Kier alpha value is -1.29. The molecule has 2 nitrogen and oxygen atoms in total. The zero-order valence-corrected chi connectivity index (χ0v) is 12.5. The lowest BCUT2D eigenvalue weighted by molar-refractivity contribution is 0.219. The van der Waals surface area contributed by atoms with E-state index in [1.165, 1.54) is 25.3 Å². The van der Waals surface area contributed by atoms with Crippen molar-refractivity contribution in [1.29, 1.82) is 0 Å². The number of methoxy groups -OCH3 is 1. The fourth-order valence-corrected chi connectivity index (χ4v) is 2.37. The van der Waals surface area contributed by atoms with Crippen molar-refractivity contribution in [3.8, 4) is 5.75 Å². The molecule has 0 saturated carbocycles. The van der Waals surface area contributed by atoms with Crippen LogP contribution < -0.4 is 4.74 Å². The smallest absolute Gasteiger partial charge is 0.138 e. The number of rotatable bonds is 3. The van der Waals surface area contributed by atoms with Crippen LogP contribution in [0.1, 0.15) is 22.8 Å². The van der Waals surface area contributed by atoms with Gasteiger partial charge in [0.2, 0.25) is 0 Å². The molecule has 0 spiro atoms. The van der Waals surface area contributed by atoms with Gasteiger partial charge in [0.15, 0.2) is 0 Å². The third-order valence-electron chi connectivity index (χ3n) is 3.08. The molecule has 0 amide bonds. The summed E-state index contributed by atoms with van der Waals surface area (Å²) in [6.45, 7) is 1.66. The second-order valence-corrected chi connectivity index (χ2v) is 5.23. The maximum absolute atomic E-state index is 13.6. The van der Waals surface area contributed by atoms with Gasteiger partial charge in [0.1, 0.15) is 17.7 Å². The first-order valence-electron chi connectivity index (χ1n) is 5.91. The minimum absolute atomic E-state index is 0.305. The van der Waals surface area contributed by atoms with Crippen molar-refractivity contribution < 1.29 is 14.2 Å². The average molecular weight is 315 g/mol. The normalized spacial score (nSPS) is 12.3. The third-order valence-corrected chi connectivity index (χ3v) is 3.70. The first-order valence-corrected chi connectivity index (χ1v) is 6.66. The molecule has 0 aliphatic rings. The molecule has 106 valence electrons. The Balaban J connectivity index is 2.45. The molecule has 20 heavy (non-hydrogen) atoms. The molecule has 0 heterocycles. The van der Waals surface area contributed by atoms with Crippen molar-refractivity contribution in [3.05, 3.63) is 62.9 Å². The van der Waals surface area contributed by atoms with Crippen molar-refractivity contribution in [2.45, 2.75) is 13.0 Å². The second-order valence-electron chi connectivity index (χ2n) is 4.42. The molecular weight excluding hydrogens is 302 g/mol. The summed E-state index contributed by atoms with van der Waals surface area (Å²) in [5, 5.41) is 11.0. The van der Waals surface area contributed by atoms with Gasteiger partial charge in [-0.25, -0.2) is 4.39 Å². The van der Waals surface area contributed by atoms with Crippen LogP contribution in [0.2, 0.25) is 10.0 Å². The minimum atomic E-state index is -1.05. The average Bonchev–Trinajstić information content (AvgIpc) is 2.43. The van der Waals surface area contributed by atoms with Crippen LogP contribution in [-0.2, 0) is 0 Å². The zero-order valence-electron chi connectivity index (χ0n) is 11.0. The molecule has 1 atom stereocenters. The number of hydrogen-bond donors (Lipinski definition) is 1. The lowest BCUT2D eigenvalue weighted by Crippen LogP contribution is -2.02. The summed E-state index contributed by atoms with van der Waals surface area (Å²) in [7, 11) is 1.48. The number of halogens is 3. The summed E-state index contributed by atoms with van der Waals surface area (Å²) in [5.74, 6) is 0.0417. The molecule has 0 radical (unpaired) electrons. The topological polar surface area (TPSA) is 29.5 Å². The van der Waals surface area contributed by atoms with Gasteiger partial charge in [-0.05, 0) is 30.2 Å². The molecule has 2 rings (SSSR count). The molecule has 0 bridgehead atoms. The van der Waals surface area contributed by atoms with Gasteiger partial charge in [-0.1, -0.05) is 35.3 Å². The number of aliphatic hydroxyl groups is 1. The summed E-state index contributed by atoms with van der Waals surface area (Å²) in [4.78, 5) is 0. The predicted octanol–water partition coefficient (Wildman–Crippen LogP) is 4.53. The Morgan fingerprint density at radius 3 is 2.45 bits per heavy atom. The number of benzene rings is 2. The van der Waals surface area contributed by atoms with E-state index in [4.69, 9.17) is 27.9 Å². The molecule has 2 aromatic carbocycles. The number of ether oxygens (including phenoxy) is 1. The van der Waals surface area contributed by atoms with Crippen LogP contribution in [0.5, 0.6) is 5.75 Å². The van der Waals surface area contributed by atoms with E-state index in [2.05, 4.69) is 0 Å². The molecule has 0 aliphatic heterocycles. The molecular formula is C15H13Cl2FO2. The van der Waals surface area contributed by atoms with Gasteiger partial charge in [-0.2, -0.15) is 0 Å². The fraction of sp³-hybridized carbons (Fsp3) is 0.200. The zero-order chi connectivity index (χ0) is 14.9. The highest BCUT2D eigenvalue weighted by molar-refractivity contribution is 6.34. The van der Waals surface area contributed by atoms with Crippen molar-refractivity contribution in [3.63, 3.8) is 0 Å². The summed E-state index contributed by atoms with van der Waals surface area (Å²) < 4.78 is 18.6. The van der Waals surface area contributed by atoms with Gasteiger partial charge in [0.05, 0.1) is 17.2 Å². The summed E-state index contributed by atoms with van der Waals surface area (Å²) in [5.41, 5.74) is 1.33. The van der Waals surface area contributed by atoms with E-state index in [0.29, 0.717) is 32.5 Å². The van der Waals surface area contributed by atoms with Gasteiger partial charge >= 0.3 is 0 Å². The molecule has 1 unspecified atom stereocenters. The monoisotopic (exact) mass is 314 g/mol. The van der Waals surface area contributed by atoms with Crippen molar-refractivity contribution >= 4 is 23.2 Å². The van der Waals surface area contributed by atoms with Crippen LogP contribution in [0.3, 0.4) is 0 Å². The number of hydrogen-bond acceptors (Lipinski definition) is 2. The second kappa shape index (κ2) is 6.00. The largest absolute Gasteiger partial charge is 0.495 e. The highest BCUT2D eigenvalue weighted by atomic mass is 35.5. The summed E-state index contributed by atoms with van der Waals surface area (Å²) in [6.07, 6.45) is -1.05. The first-order chi connectivity index (χ1) is 9.43. The predicted molar refractivity (Wildman–Crippen MR) is 78.2 cm³/mol. The minimum Gasteiger partial charge on any atom is -0.495 e. The van der Waals surface area contributed by atoms with E-state index in [0.717, 1.165) is 0 Å². The molecule has 2 aromatic rings. The van der Waals surface area contributed by atoms with E-state index in [1.54, 1.807) is 19.1 Å². The van der Waals surface area contributed by atoms with Crippen molar-refractivity contribution in [2.24, 2.45) is 0 Å². The number of aryl methyl sites for hydroxylation is 1. The molecule has 0 aromatic heterocycles. The van der Waals surface area contributed by atoms with Crippen LogP contribution in [0, 0.1) is 12.7 Å². The fourth-order valence-electron chi connectivity index (χ4n) is 1.87. The Morgan fingerprint density at radius 1 is 1.15 bits per heavy atom. The van der Waals surface area contributed by atoms with E-state index in [-0.39, 0.29) is 5.82 Å². The van der Waals surface area contributed by atoms with Crippen LogP contribution in [0.25, 0.3) is 0 Å². The van der Waals surface area contributed by atoms with Gasteiger partial charge in [-0.15, -0.1) is 0 Å². The van der Waals surface area contributed by atoms with E-state index < -0.39 is 6.10 Å². The first kappa shape index (κ1) is 15.1. The standard InChI is InChI=1S/C15H13Cl2FO2/c1-8-3-4-9(5-13(8)18)15(19)10-6-12(17)14(20-2)7-11(10)16/h3-7,15,19H,1-2H3. The van der Waals surface area contributed by atoms with Crippen LogP contribution in [0.4, 0.5) is 4.39 Å². The highest BCUT2D eigenvalue weighted by Crippen LogP contribution is 2.36. The Labute approximate surface area is 126 Å². The third kappa shape index (κ3) is 2.90. The van der Waals surface area contributed by atoms with E-state index in [1.807, 2.05) is 0 Å². The van der Waals surface area contributed by atoms with Gasteiger partial charge < -0.3 is 9.84 Å². The molecule has 0 fully saturated rings. The Bertz CT molecular complexity index is 644. The molecule has 1 N–H and O–H groups in total. The van der Waals surface area contributed by atoms with Gasteiger partial charge in [0.25, 0.3) is 0 Å². The lowest BCUT2D eigenvalue weighted by atomic mass is 10.00.